The van der Waals surface area contributed by atoms with Crippen LogP contribution in [0.2, 0.25) is 0 Å². The van der Waals surface area contributed by atoms with Gasteiger partial charge in [-0.1, -0.05) is 0 Å². The Labute approximate surface area is 90.2 Å². The van der Waals surface area contributed by atoms with E-state index in [1.807, 2.05) is 24.6 Å². The molecule has 80 valence electrons. The summed E-state index contributed by atoms with van der Waals surface area (Å²) in [5.41, 5.74) is 0. The van der Waals surface area contributed by atoms with Crippen LogP contribution in [0.15, 0.2) is 6.20 Å². The Balaban J connectivity index is 2.50. The molecule has 0 bridgehead atoms. The molecule has 14 heavy (non-hydrogen) atoms. The summed E-state index contributed by atoms with van der Waals surface area (Å²) in [6.07, 6.45) is 3.03. The second-order valence-corrected chi connectivity index (χ2v) is 4.87. The van der Waals surface area contributed by atoms with Crippen molar-refractivity contribution in [1.82, 2.24) is 15.2 Å². The number of likely N-dealkylation sites (N-methyl/N-ethyl adjacent to an activating group) is 1. The summed E-state index contributed by atoms with van der Waals surface area (Å²) >= 11 is 1.81. The molecular weight excluding hydrogens is 194 g/mol. The SMILES string of the molecule is CNC(C)c1cnc(CCN(C)C)s1. The maximum Gasteiger partial charge on any atom is 0.0941 e. The molecule has 0 spiro atoms. The molecule has 1 atom stereocenters. The summed E-state index contributed by atoms with van der Waals surface area (Å²) in [6.45, 7) is 3.23. The molecule has 1 rings (SSSR count). The molecule has 1 aromatic heterocycles. The number of aromatic nitrogens is 1. The lowest BCUT2D eigenvalue weighted by Crippen LogP contribution is -2.14. The smallest absolute Gasteiger partial charge is 0.0941 e. The third-order valence-electron chi connectivity index (χ3n) is 2.20. The van der Waals surface area contributed by atoms with Crippen molar-refractivity contribution in [1.29, 1.82) is 0 Å². The molecule has 1 unspecified atom stereocenters. The first kappa shape index (κ1) is 11.6. The Kier molecular flexibility index (Phi) is 4.51. The van der Waals surface area contributed by atoms with Gasteiger partial charge in [-0.25, -0.2) is 4.98 Å². The molecule has 1 N–H and O–H groups in total. The molecule has 0 aromatic carbocycles. The largest absolute Gasteiger partial charge is 0.312 e. The lowest BCUT2D eigenvalue weighted by atomic mass is 10.3. The molecule has 0 fully saturated rings. The highest BCUT2D eigenvalue weighted by Crippen LogP contribution is 2.20. The number of nitrogens with zero attached hydrogens (tertiary/aromatic N) is 2. The molecule has 0 aliphatic carbocycles. The van der Waals surface area contributed by atoms with E-state index in [0.717, 1.165) is 13.0 Å². The maximum atomic E-state index is 4.41. The predicted octanol–water partition coefficient (Wildman–Crippen LogP) is 1.53. The molecule has 0 aliphatic heterocycles. The average Bonchev–Trinajstić information content (AvgIpc) is 2.62. The molecule has 3 nitrogen and oxygen atoms in total. The van der Waals surface area contributed by atoms with Crippen molar-refractivity contribution >= 4 is 11.3 Å². The van der Waals surface area contributed by atoms with Gasteiger partial charge in [-0.05, 0) is 28.1 Å². The molecule has 0 radical (unpaired) electrons. The lowest BCUT2D eigenvalue weighted by molar-refractivity contribution is 0.413. The first-order valence-electron chi connectivity index (χ1n) is 4.90. The highest BCUT2D eigenvalue weighted by Gasteiger charge is 2.07. The van der Waals surface area contributed by atoms with Crippen molar-refractivity contribution in [2.75, 3.05) is 27.7 Å². The lowest BCUT2D eigenvalue weighted by Gasteiger charge is -2.07. The average molecular weight is 213 g/mol. The molecule has 4 heteroatoms. The highest BCUT2D eigenvalue weighted by atomic mass is 32.1. The topological polar surface area (TPSA) is 28.2 Å². The molecule has 0 saturated carbocycles. The molecule has 1 heterocycles. The third-order valence-corrected chi connectivity index (χ3v) is 3.44. The zero-order valence-corrected chi connectivity index (χ0v) is 10.2. The zero-order chi connectivity index (χ0) is 10.6. The third kappa shape index (κ3) is 3.36. The van der Waals surface area contributed by atoms with Crippen molar-refractivity contribution in [3.63, 3.8) is 0 Å². The van der Waals surface area contributed by atoms with E-state index in [0.29, 0.717) is 6.04 Å². The molecule has 0 aliphatic rings. The van der Waals surface area contributed by atoms with Gasteiger partial charge < -0.3 is 10.2 Å². The second kappa shape index (κ2) is 5.44. The second-order valence-electron chi connectivity index (χ2n) is 3.72. The molecule has 1 aromatic rings. The zero-order valence-electron chi connectivity index (χ0n) is 9.37. The van der Waals surface area contributed by atoms with Crippen LogP contribution >= 0.6 is 11.3 Å². The van der Waals surface area contributed by atoms with Gasteiger partial charge in [0.05, 0.1) is 5.01 Å². The number of nitrogens with one attached hydrogen (secondary N) is 1. The van der Waals surface area contributed by atoms with Crippen LogP contribution in [0.25, 0.3) is 0 Å². The molecule has 0 amide bonds. The minimum atomic E-state index is 0.417. The quantitative estimate of drug-likeness (QED) is 0.804. The fraction of sp³-hybridized carbons (Fsp3) is 0.700. The van der Waals surface area contributed by atoms with E-state index in [1.54, 1.807) is 0 Å². The van der Waals surface area contributed by atoms with Crippen LogP contribution in [-0.2, 0) is 6.42 Å². The summed E-state index contributed by atoms with van der Waals surface area (Å²) < 4.78 is 0. The van der Waals surface area contributed by atoms with Crippen LogP contribution < -0.4 is 5.32 Å². The van der Waals surface area contributed by atoms with Crippen molar-refractivity contribution in [3.05, 3.63) is 16.1 Å². The van der Waals surface area contributed by atoms with Crippen molar-refractivity contribution in [2.24, 2.45) is 0 Å². The highest BCUT2D eigenvalue weighted by molar-refractivity contribution is 7.11. The Bertz CT molecular complexity index is 270. The van der Waals surface area contributed by atoms with Gasteiger partial charge in [0, 0.05) is 30.1 Å². The number of rotatable bonds is 5. The van der Waals surface area contributed by atoms with Crippen LogP contribution in [0.1, 0.15) is 22.9 Å². The predicted molar refractivity (Wildman–Crippen MR) is 61.8 cm³/mol. The van der Waals surface area contributed by atoms with Gasteiger partial charge >= 0.3 is 0 Å². The van der Waals surface area contributed by atoms with Crippen molar-refractivity contribution < 1.29 is 0 Å². The molecular formula is C10H19N3S. The maximum absolute atomic E-state index is 4.41. The summed E-state index contributed by atoms with van der Waals surface area (Å²) in [4.78, 5) is 7.91. The monoisotopic (exact) mass is 213 g/mol. The van der Waals surface area contributed by atoms with Crippen LogP contribution in [0.5, 0.6) is 0 Å². The minimum absolute atomic E-state index is 0.417. The summed E-state index contributed by atoms with van der Waals surface area (Å²) in [5, 5.41) is 4.45. The van der Waals surface area contributed by atoms with Crippen LogP contribution in [0.3, 0.4) is 0 Å². The van der Waals surface area contributed by atoms with Gasteiger partial charge in [0.1, 0.15) is 0 Å². The van der Waals surface area contributed by atoms with E-state index in [4.69, 9.17) is 0 Å². The first-order chi connectivity index (χ1) is 6.63. The Morgan fingerprint density at radius 3 is 2.86 bits per heavy atom. The fourth-order valence-corrected chi connectivity index (χ4v) is 2.07. The van der Waals surface area contributed by atoms with E-state index in [1.165, 1.54) is 9.88 Å². The van der Waals surface area contributed by atoms with E-state index in [2.05, 4.69) is 36.2 Å². The first-order valence-corrected chi connectivity index (χ1v) is 5.71. The fourth-order valence-electron chi connectivity index (χ4n) is 1.10. The van der Waals surface area contributed by atoms with Gasteiger partial charge in [0.15, 0.2) is 0 Å². The van der Waals surface area contributed by atoms with Crippen molar-refractivity contribution in [3.8, 4) is 0 Å². The van der Waals surface area contributed by atoms with Crippen LogP contribution in [-0.4, -0.2) is 37.6 Å². The van der Waals surface area contributed by atoms with Crippen LogP contribution in [0.4, 0.5) is 0 Å². The van der Waals surface area contributed by atoms with Gasteiger partial charge in [-0.15, -0.1) is 11.3 Å². The standard InChI is InChI=1S/C10H19N3S/c1-8(11-2)9-7-12-10(14-9)5-6-13(3)4/h7-8,11H,5-6H2,1-4H3. The minimum Gasteiger partial charge on any atom is -0.312 e. The van der Waals surface area contributed by atoms with Crippen molar-refractivity contribution in [2.45, 2.75) is 19.4 Å². The van der Waals surface area contributed by atoms with Crippen LogP contribution in [0, 0.1) is 0 Å². The van der Waals surface area contributed by atoms with E-state index < -0.39 is 0 Å². The summed E-state index contributed by atoms with van der Waals surface area (Å²) in [6, 6.07) is 0.417. The Hall–Kier alpha value is -0.450. The Morgan fingerprint density at radius 1 is 1.57 bits per heavy atom. The Morgan fingerprint density at radius 2 is 2.29 bits per heavy atom. The number of hydrogen-bond donors (Lipinski definition) is 1. The summed E-state index contributed by atoms with van der Waals surface area (Å²) in [5.74, 6) is 0. The summed E-state index contributed by atoms with van der Waals surface area (Å²) in [7, 11) is 6.15. The normalized spacial score (nSPS) is 13.5. The molecule has 0 saturated heterocycles. The van der Waals surface area contributed by atoms with Gasteiger partial charge in [-0.3, -0.25) is 0 Å². The van der Waals surface area contributed by atoms with E-state index >= 15 is 0 Å². The van der Waals surface area contributed by atoms with Gasteiger partial charge in [0.2, 0.25) is 0 Å². The number of thiazole rings is 1. The van der Waals surface area contributed by atoms with Gasteiger partial charge in [0.25, 0.3) is 0 Å². The van der Waals surface area contributed by atoms with Gasteiger partial charge in [-0.2, -0.15) is 0 Å². The van der Waals surface area contributed by atoms with E-state index in [9.17, 15) is 0 Å². The van der Waals surface area contributed by atoms with E-state index in [-0.39, 0.29) is 0 Å². The number of hydrogen-bond acceptors (Lipinski definition) is 4.